The Labute approximate surface area is 92.3 Å². The summed E-state index contributed by atoms with van der Waals surface area (Å²) in [6.45, 7) is 2.26. The van der Waals surface area contributed by atoms with Gasteiger partial charge in [0.05, 0.1) is 0 Å². The van der Waals surface area contributed by atoms with E-state index < -0.39 is 0 Å². The third-order valence-corrected chi connectivity index (χ3v) is 3.00. The average molecular weight is 199 g/mol. The summed E-state index contributed by atoms with van der Waals surface area (Å²) >= 11 is 0. The van der Waals surface area contributed by atoms with Gasteiger partial charge in [0, 0.05) is 0 Å². The van der Waals surface area contributed by atoms with Gasteiger partial charge in [-0.15, -0.1) is 47.3 Å². The molecule has 15 heavy (non-hydrogen) atoms. The Hall–Kier alpha value is -1.17. The fraction of sp³-hybridized carbons (Fsp3) is 0.400. The highest BCUT2D eigenvalue weighted by atomic mass is 14.0. The molecular weight excluding hydrogens is 180 g/mol. The van der Waals surface area contributed by atoms with Crippen molar-refractivity contribution in [2.45, 2.75) is 39.0 Å². The molecule has 0 aliphatic heterocycles. The van der Waals surface area contributed by atoms with E-state index in [-0.39, 0.29) is 0 Å². The summed E-state index contributed by atoms with van der Waals surface area (Å²) in [5.41, 5.74) is 1.51. The van der Waals surface area contributed by atoms with Crippen LogP contribution in [0.4, 0.5) is 0 Å². The molecule has 0 saturated carbocycles. The second-order valence-electron chi connectivity index (χ2n) is 4.30. The van der Waals surface area contributed by atoms with Crippen LogP contribution in [0.15, 0.2) is 36.4 Å². The minimum atomic E-state index is 1.24. The molecule has 0 N–H and O–H groups in total. The first-order valence-electron chi connectivity index (χ1n) is 6.04. The Morgan fingerprint density at radius 2 is 2.07 bits per heavy atom. The topological polar surface area (TPSA) is 0 Å². The van der Waals surface area contributed by atoms with Gasteiger partial charge in [-0.05, 0) is 0 Å². The fourth-order valence-corrected chi connectivity index (χ4v) is 2.12. The first-order chi connectivity index (χ1) is 7.40. The molecule has 80 valence electrons. The Morgan fingerprint density at radius 3 is 2.87 bits per heavy atom. The molecule has 0 nitrogen and oxygen atoms in total. The summed E-state index contributed by atoms with van der Waals surface area (Å²) in [6, 6.07) is 13.3. The maximum absolute atomic E-state index is 2.33. The average Bonchev–Trinajstić information content (AvgIpc) is 2.67. The highest BCUT2D eigenvalue weighted by Gasteiger charge is 1.92. The molecule has 0 aliphatic rings. The lowest BCUT2D eigenvalue weighted by Crippen LogP contribution is -1.81. The summed E-state index contributed by atoms with van der Waals surface area (Å²) < 4.78 is 0. The van der Waals surface area contributed by atoms with Crippen LogP contribution in [0.25, 0.3) is 10.8 Å². The standard InChI is InChI=1S/C15H19/c1-2-3-4-5-8-13-11-14-9-6-7-10-15(14)12-13/h6-7,9-12H,2-5,8H2,1H3/q-1. The number of hydrogen-bond donors (Lipinski definition) is 0. The van der Waals surface area contributed by atoms with Crippen LogP contribution in [0.2, 0.25) is 0 Å². The third-order valence-electron chi connectivity index (χ3n) is 3.00. The van der Waals surface area contributed by atoms with Gasteiger partial charge in [-0.1, -0.05) is 44.4 Å². The van der Waals surface area contributed by atoms with Gasteiger partial charge in [-0.3, -0.25) is 0 Å². The Kier molecular flexibility index (Phi) is 3.49. The lowest BCUT2D eigenvalue weighted by molar-refractivity contribution is 0.667. The summed E-state index contributed by atoms with van der Waals surface area (Å²) in [4.78, 5) is 0. The van der Waals surface area contributed by atoms with E-state index in [4.69, 9.17) is 0 Å². The van der Waals surface area contributed by atoms with E-state index in [1.54, 1.807) is 0 Å². The molecule has 0 heteroatoms. The summed E-state index contributed by atoms with van der Waals surface area (Å²) in [6.07, 6.45) is 6.65. The Bertz CT molecular complexity index is 376. The van der Waals surface area contributed by atoms with E-state index in [1.807, 2.05) is 0 Å². The van der Waals surface area contributed by atoms with Gasteiger partial charge < -0.3 is 0 Å². The van der Waals surface area contributed by atoms with Gasteiger partial charge >= 0.3 is 0 Å². The number of aryl methyl sites for hydroxylation is 1. The van der Waals surface area contributed by atoms with Crippen LogP contribution in [0, 0.1) is 0 Å². The maximum Gasteiger partial charge on any atom is -0.0536 e. The predicted octanol–water partition coefficient (Wildman–Crippen LogP) is 4.68. The molecule has 0 saturated heterocycles. The van der Waals surface area contributed by atoms with Crippen LogP contribution in [-0.4, -0.2) is 0 Å². The second-order valence-corrected chi connectivity index (χ2v) is 4.30. The summed E-state index contributed by atoms with van der Waals surface area (Å²) in [5, 5.41) is 2.78. The molecule has 0 unspecified atom stereocenters. The van der Waals surface area contributed by atoms with Crippen molar-refractivity contribution >= 4 is 10.8 Å². The molecule has 0 atom stereocenters. The van der Waals surface area contributed by atoms with Crippen LogP contribution >= 0.6 is 0 Å². The monoisotopic (exact) mass is 199 g/mol. The van der Waals surface area contributed by atoms with Crippen molar-refractivity contribution in [3.8, 4) is 0 Å². The van der Waals surface area contributed by atoms with E-state index in [2.05, 4.69) is 43.3 Å². The molecule has 2 aromatic carbocycles. The van der Waals surface area contributed by atoms with Crippen molar-refractivity contribution < 1.29 is 0 Å². The number of fused-ring (bicyclic) bond motifs is 1. The van der Waals surface area contributed by atoms with Crippen molar-refractivity contribution in [2.24, 2.45) is 0 Å². The van der Waals surface area contributed by atoms with Gasteiger partial charge in [-0.25, -0.2) is 0 Å². The predicted molar refractivity (Wildman–Crippen MR) is 67.4 cm³/mol. The molecule has 2 rings (SSSR count). The van der Waals surface area contributed by atoms with Crippen LogP contribution in [-0.2, 0) is 6.42 Å². The first kappa shape index (κ1) is 10.4. The quantitative estimate of drug-likeness (QED) is 0.484. The van der Waals surface area contributed by atoms with Crippen molar-refractivity contribution in [2.75, 3.05) is 0 Å². The molecule has 0 amide bonds. The highest BCUT2D eigenvalue weighted by molar-refractivity contribution is 5.85. The molecule has 0 radical (unpaired) electrons. The lowest BCUT2D eigenvalue weighted by atomic mass is 10.1. The Balaban J connectivity index is 1.97. The van der Waals surface area contributed by atoms with Gasteiger partial charge in [0.1, 0.15) is 0 Å². The molecule has 0 bridgehead atoms. The highest BCUT2D eigenvalue weighted by Crippen LogP contribution is 2.20. The van der Waals surface area contributed by atoms with Gasteiger partial charge in [0.2, 0.25) is 0 Å². The van der Waals surface area contributed by atoms with Gasteiger partial charge in [0.25, 0.3) is 0 Å². The maximum atomic E-state index is 2.33. The minimum absolute atomic E-state index is 1.24. The Morgan fingerprint density at radius 1 is 1.13 bits per heavy atom. The molecule has 0 heterocycles. The van der Waals surface area contributed by atoms with Crippen LogP contribution < -0.4 is 0 Å². The molecule has 0 aliphatic carbocycles. The summed E-state index contributed by atoms with van der Waals surface area (Å²) in [7, 11) is 0. The van der Waals surface area contributed by atoms with Crippen molar-refractivity contribution in [1.82, 2.24) is 0 Å². The second kappa shape index (κ2) is 5.06. The number of unbranched alkanes of at least 4 members (excludes halogenated alkanes) is 3. The summed E-state index contributed by atoms with van der Waals surface area (Å²) in [5.74, 6) is 0. The smallest absolute Gasteiger partial charge is 0.0536 e. The zero-order valence-corrected chi connectivity index (χ0v) is 9.50. The molecule has 0 spiro atoms. The van der Waals surface area contributed by atoms with Gasteiger partial charge in [0.15, 0.2) is 0 Å². The minimum Gasteiger partial charge on any atom is -0.148 e. The first-order valence-corrected chi connectivity index (χ1v) is 6.04. The fourth-order valence-electron chi connectivity index (χ4n) is 2.12. The molecule has 2 aromatic rings. The van der Waals surface area contributed by atoms with E-state index in [9.17, 15) is 0 Å². The van der Waals surface area contributed by atoms with Crippen molar-refractivity contribution in [3.63, 3.8) is 0 Å². The SMILES string of the molecule is CCCCCCc1cc2cccc[c-]2c1. The zero-order chi connectivity index (χ0) is 10.5. The van der Waals surface area contributed by atoms with Crippen LogP contribution in [0.5, 0.6) is 0 Å². The third kappa shape index (κ3) is 2.65. The van der Waals surface area contributed by atoms with Crippen LogP contribution in [0.3, 0.4) is 0 Å². The van der Waals surface area contributed by atoms with E-state index in [0.29, 0.717) is 0 Å². The number of benzene rings is 1. The van der Waals surface area contributed by atoms with E-state index in [1.165, 1.54) is 48.4 Å². The molecular formula is C15H19-. The largest absolute Gasteiger partial charge is 0.148 e. The molecule has 0 fully saturated rings. The van der Waals surface area contributed by atoms with Gasteiger partial charge in [-0.2, -0.15) is 0 Å². The molecule has 0 aromatic heterocycles. The van der Waals surface area contributed by atoms with Crippen molar-refractivity contribution in [3.05, 3.63) is 42.0 Å². The van der Waals surface area contributed by atoms with E-state index in [0.717, 1.165) is 0 Å². The van der Waals surface area contributed by atoms with Crippen LogP contribution in [0.1, 0.15) is 38.2 Å². The van der Waals surface area contributed by atoms with Crippen molar-refractivity contribution in [1.29, 1.82) is 0 Å². The lowest BCUT2D eigenvalue weighted by Gasteiger charge is -2.00. The number of hydrogen-bond acceptors (Lipinski definition) is 0. The number of rotatable bonds is 5. The normalized spacial score (nSPS) is 11.0. The van der Waals surface area contributed by atoms with E-state index >= 15 is 0 Å². The zero-order valence-electron chi connectivity index (χ0n) is 9.50.